The lowest BCUT2D eigenvalue weighted by Gasteiger charge is -2.20. The van der Waals surface area contributed by atoms with E-state index in [1.807, 2.05) is 18.2 Å². The maximum absolute atomic E-state index is 12.6. The summed E-state index contributed by atoms with van der Waals surface area (Å²) >= 11 is 1.26. The highest BCUT2D eigenvalue weighted by molar-refractivity contribution is 7.99. The van der Waals surface area contributed by atoms with Gasteiger partial charge in [-0.25, -0.2) is 9.97 Å². The monoisotopic (exact) mass is 563 g/mol. The van der Waals surface area contributed by atoms with Gasteiger partial charge in [0.25, 0.3) is 0 Å². The first-order valence-corrected chi connectivity index (χ1v) is 12.4. The molecule has 0 radical (unpaired) electrons. The summed E-state index contributed by atoms with van der Waals surface area (Å²) in [4.78, 5) is 13.5. The zero-order valence-electron chi connectivity index (χ0n) is 18.1. The lowest BCUT2D eigenvalue weighted by atomic mass is 10.3. The Balaban J connectivity index is 0.00000432. The van der Waals surface area contributed by atoms with Crippen molar-refractivity contribution in [2.75, 3.05) is 38.1 Å². The Hall–Kier alpha value is -2.02. The van der Waals surface area contributed by atoms with Crippen molar-refractivity contribution in [3.8, 4) is 5.75 Å². The molecule has 0 fully saturated rings. The Bertz CT molecular complexity index is 1100. The summed E-state index contributed by atoms with van der Waals surface area (Å²) in [5.74, 6) is 0.603. The third-order valence-electron chi connectivity index (χ3n) is 4.28. The van der Waals surface area contributed by atoms with Gasteiger partial charge in [-0.05, 0) is 12.1 Å². The first-order chi connectivity index (χ1) is 15.9. The number of hydrogen-bond donors (Lipinski definition) is 1. The van der Waals surface area contributed by atoms with Crippen molar-refractivity contribution in [1.82, 2.24) is 19.5 Å². The van der Waals surface area contributed by atoms with Crippen molar-refractivity contribution >= 4 is 49.2 Å². The molecule has 0 spiro atoms. The summed E-state index contributed by atoms with van der Waals surface area (Å²) < 4.78 is 87.7. The van der Waals surface area contributed by atoms with Gasteiger partial charge in [0.1, 0.15) is 16.3 Å². The van der Waals surface area contributed by atoms with Crippen LogP contribution in [0.4, 0.5) is 32.3 Å². The molecule has 0 aliphatic carbocycles. The van der Waals surface area contributed by atoms with Crippen LogP contribution in [-0.2, 0) is 11.3 Å². The van der Waals surface area contributed by atoms with Crippen molar-refractivity contribution < 1.29 is 35.8 Å². The molecule has 16 heteroatoms. The maximum atomic E-state index is 12.6. The van der Waals surface area contributed by atoms with E-state index in [4.69, 9.17) is 15.2 Å². The minimum Gasteiger partial charge on any atom is -0.496 e. The zero-order valence-corrected chi connectivity index (χ0v) is 20.7. The number of fused-ring (bicyclic) bond motifs is 1. The number of nitrogen functional groups attached to an aromatic ring is 1. The molecule has 0 saturated heterocycles. The first kappa shape index (κ1) is 29.2. The third-order valence-corrected chi connectivity index (χ3v) is 7.48. The van der Waals surface area contributed by atoms with E-state index in [1.54, 1.807) is 10.6 Å². The van der Waals surface area contributed by atoms with Gasteiger partial charge in [-0.1, -0.05) is 31.8 Å². The summed E-state index contributed by atoms with van der Waals surface area (Å²) in [6, 6.07) is 7.26. The quantitative estimate of drug-likeness (QED) is 0.149. The number of alkyl halides is 6. The number of rotatable bonds is 10. The highest BCUT2D eigenvalue weighted by atomic mass is 35.5. The summed E-state index contributed by atoms with van der Waals surface area (Å²) in [6.45, 7) is -0.0220. The largest absolute Gasteiger partial charge is 0.496 e. The molecular weight excluding hydrogens is 543 g/mol. The normalized spacial score (nSPS) is 12.2. The smallest absolute Gasteiger partial charge is 0.392 e. The van der Waals surface area contributed by atoms with E-state index in [1.165, 1.54) is 25.2 Å². The van der Waals surface area contributed by atoms with Crippen LogP contribution in [0.3, 0.4) is 0 Å². The van der Waals surface area contributed by atoms with Gasteiger partial charge >= 0.3 is 12.4 Å². The standard InChI is InChI=1S/C19H20F6N5O2PS.ClH/c1-31-12-4-2-3-5-13(12)34-16-14-15(28-17(26)29-16)30(10-27-14)6-7-32-11-33(8-18(20,21)22)9-19(23,24)25;/h2-5,10H,6-9,11H2,1H3,(H2,26,28,29);1H. The number of methoxy groups -OCH3 is 1. The van der Waals surface area contributed by atoms with Gasteiger partial charge in [0, 0.05) is 6.54 Å². The molecule has 2 aromatic heterocycles. The highest BCUT2D eigenvalue weighted by Gasteiger charge is 2.38. The van der Waals surface area contributed by atoms with E-state index in [-0.39, 0.29) is 31.5 Å². The van der Waals surface area contributed by atoms with Gasteiger partial charge < -0.3 is 19.8 Å². The molecule has 194 valence electrons. The summed E-state index contributed by atoms with van der Waals surface area (Å²) in [5, 5.41) is 0.463. The van der Waals surface area contributed by atoms with E-state index in [0.29, 0.717) is 21.9 Å². The molecule has 0 unspecified atom stereocenters. The van der Waals surface area contributed by atoms with Crippen LogP contribution in [0.1, 0.15) is 0 Å². The molecule has 1 aromatic carbocycles. The lowest BCUT2D eigenvalue weighted by Crippen LogP contribution is -2.22. The third kappa shape index (κ3) is 8.85. The number of benzene rings is 1. The van der Waals surface area contributed by atoms with E-state index in [0.717, 1.165) is 4.90 Å². The summed E-state index contributed by atoms with van der Waals surface area (Å²) in [5.41, 5.74) is 6.63. The molecule has 2 heterocycles. The predicted octanol–water partition coefficient (Wildman–Crippen LogP) is 5.57. The van der Waals surface area contributed by atoms with Gasteiger partial charge in [-0.15, -0.1) is 12.4 Å². The number of imidazole rings is 1. The van der Waals surface area contributed by atoms with Crippen LogP contribution in [0.2, 0.25) is 0 Å². The van der Waals surface area contributed by atoms with E-state index < -0.39 is 38.9 Å². The van der Waals surface area contributed by atoms with Crippen molar-refractivity contribution in [2.24, 2.45) is 0 Å². The molecule has 7 nitrogen and oxygen atoms in total. The predicted molar refractivity (Wildman–Crippen MR) is 124 cm³/mol. The summed E-state index contributed by atoms with van der Waals surface area (Å²) in [7, 11) is -0.907. The molecule has 0 bridgehead atoms. The van der Waals surface area contributed by atoms with Crippen LogP contribution in [0.15, 0.2) is 40.5 Å². The number of para-hydroxylation sites is 1. The molecular formula is C19H21ClF6N5O2PS. The molecule has 35 heavy (non-hydrogen) atoms. The fraction of sp³-hybridized carbons (Fsp3) is 0.421. The second-order valence-electron chi connectivity index (χ2n) is 7.00. The number of halogens is 7. The second-order valence-corrected chi connectivity index (χ2v) is 10.3. The molecule has 2 N–H and O–H groups in total. The second kappa shape index (κ2) is 12.3. The molecule has 0 saturated carbocycles. The van der Waals surface area contributed by atoms with E-state index in [9.17, 15) is 26.3 Å². The Morgan fingerprint density at radius 3 is 2.34 bits per heavy atom. The van der Waals surface area contributed by atoms with Crippen molar-refractivity contribution in [1.29, 1.82) is 0 Å². The number of hydrogen-bond acceptors (Lipinski definition) is 7. The fourth-order valence-electron chi connectivity index (χ4n) is 2.99. The first-order valence-electron chi connectivity index (χ1n) is 9.68. The average Bonchev–Trinajstić information content (AvgIpc) is 3.12. The van der Waals surface area contributed by atoms with Gasteiger partial charge in [0.05, 0.1) is 43.6 Å². The number of nitrogens with two attached hydrogens (primary N) is 1. The van der Waals surface area contributed by atoms with Gasteiger partial charge in [0.15, 0.2) is 5.65 Å². The fourth-order valence-corrected chi connectivity index (χ4v) is 5.67. The average molecular weight is 564 g/mol. The number of nitrogens with zero attached hydrogens (tertiary/aromatic N) is 4. The zero-order chi connectivity index (χ0) is 24.9. The summed E-state index contributed by atoms with van der Waals surface area (Å²) in [6.07, 6.45) is -11.6. The number of aromatic nitrogens is 4. The number of anilines is 1. The minimum atomic E-state index is -4.69. The highest BCUT2D eigenvalue weighted by Crippen LogP contribution is 2.45. The topological polar surface area (TPSA) is 88.1 Å². The van der Waals surface area contributed by atoms with Gasteiger partial charge in [0.2, 0.25) is 5.95 Å². The van der Waals surface area contributed by atoms with Crippen LogP contribution in [-0.4, -0.2) is 64.3 Å². The molecule has 0 atom stereocenters. The molecule has 0 aliphatic heterocycles. The van der Waals surface area contributed by atoms with Crippen LogP contribution >= 0.6 is 32.1 Å². The van der Waals surface area contributed by atoms with E-state index >= 15 is 0 Å². The lowest BCUT2D eigenvalue weighted by molar-refractivity contribution is -0.112. The Morgan fingerprint density at radius 2 is 1.71 bits per heavy atom. The Labute approximate surface area is 208 Å². The molecule has 0 aliphatic rings. The SMILES string of the molecule is COc1ccccc1Sc1nc(N)nc2c1ncn2CCOCP(CC(F)(F)F)CC(F)(F)F.Cl. The Morgan fingerprint density at radius 1 is 1.06 bits per heavy atom. The molecule has 3 rings (SSSR count). The minimum absolute atomic E-state index is 0. The number of ether oxygens (including phenoxy) is 2. The molecule has 0 amide bonds. The maximum Gasteiger partial charge on any atom is 0.392 e. The van der Waals surface area contributed by atoms with Crippen LogP contribution < -0.4 is 10.5 Å². The van der Waals surface area contributed by atoms with Crippen molar-refractivity contribution in [2.45, 2.75) is 28.8 Å². The van der Waals surface area contributed by atoms with Gasteiger partial charge in [-0.2, -0.15) is 31.3 Å². The van der Waals surface area contributed by atoms with Gasteiger partial charge in [-0.3, -0.25) is 0 Å². The van der Waals surface area contributed by atoms with E-state index in [2.05, 4.69) is 15.0 Å². The van der Waals surface area contributed by atoms with Crippen molar-refractivity contribution in [3.05, 3.63) is 30.6 Å². The van der Waals surface area contributed by atoms with Crippen LogP contribution in [0.5, 0.6) is 5.75 Å². The van der Waals surface area contributed by atoms with Crippen LogP contribution in [0, 0.1) is 0 Å². The van der Waals surface area contributed by atoms with Crippen LogP contribution in [0.25, 0.3) is 11.2 Å². The Kier molecular flexibility index (Phi) is 10.3. The van der Waals surface area contributed by atoms with Crippen molar-refractivity contribution in [3.63, 3.8) is 0 Å². The molecule has 3 aromatic rings.